The van der Waals surface area contributed by atoms with E-state index in [-0.39, 0.29) is 11.1 Å². The number of rotatable bonds is 4. The smallest absolute Gasteiger partial charge is 0.293 e. The zero-order valence-electron chi connectivity index (χ0n) is 11.5. The molecular weight excluding hydrogens is 422 g/mol. The number of carbonyl (C=O) groups excluding carboxylic acids is 2. The fourth-order valence-electron chi connectivity index (χ4n) is 1.87. The van der Waals surface area contributed by atoms with Crippen LogP contribution in [-0.2, 0) is 4.79 Å². The van der Waals surface area contributed by atoms with Gasteiger partial charge in [-0.05, 0) is 81.2 Å². The van der Waals surface area contributed by atoms with Gasteiger partial charge in [-0.25, -0.2) is 0 Å². The molecule has 0 saturated carbocycles. The first kappa shape index (κ1) is 16.6. The number of imide groups is 1. The number of likely N-dealkylation sites (N-methyl/N-ethyl adjacent to an activating group) is 1. The van der Waals surface area contributed by atoms with Crippen molar-refractivity contribution in [1.82, 2.24) is 4.90 Å². The van der Waals surface area contributed by atoms with E-state index in [4.69, 9.17) is 4.74 Å². The van der Waals surface area contributed by atoms with Crippen molar-refractivity contribution in [3.8, 4) is 5.75 Å². The fraction of sp³-hybridized carbons (Fsp3) is 0.286. The summed E-state index contributed by atoms with van der Waals surface area (Å²) >= 11 is 7.86. The molecule has 2 rings (SSSR count). The lowest BCUT2D eigenvalue weighted by Crippen LogP contribution is -2.27. The van der Waals surface area contributed by atoms with Crippen LogP contribution >= 0.6 is 43.6 Å². The number of halogens is 2. The minimum Gasteiger partial charge on any atom is -0.492 e. The molecule has 1 aromatic carbocycles. The largest absolute Gasteiger partial charge is 0.492 e. The average molecular weight is 435 g/mol. The summed E-state index contributed by atoms with van der Waals surface area (Å²) < 4.78 is 7.10. The molecule has 1 fully saturated rings. The van der Waals surface area contributed by atoms with Gasteiger partial charge in [-0.1, -0.05) is 0 Å². The van der Waals surface area contributed by atoms with Crippen molar-refractivity contribution in [3.05, 3.63) is 31.5 Å². The molecule has 0 unspecified atom stereocenters. The van der Waals surface area contributed by atoms with Crippen molar-refractivity contribution in [2.45, 2.75) is 13.8 Å². The summed E-state index contributed by atoms with van der Waals surface area (Å²) in [6.07, 6.45) is 1.71. The molecule has 21 heavy (non-hydrogen) atoms. The van der Waals surface area contributed by atoms with Crippen molar-refractivity contribution in [3.63, 3.8) is 0 Å². The zero-order chi connectivity index (χ0) is 15.6. The Morgan fingerprint density at radius 3 is 2.33 bits per heavy atom. The van der Waals surface area contributed by atoms with Gasteiger partial charge in [-0.15, -0.1) is 0 Å². The Bertz CT molecular complexity index is 608. The van der Waals surface area contributed by atoms with Crippen LogP contribution in [-0.4, -0.2) is 29.2 Å². The number of hydrogen-bond donors (Lipinski definition) is 0. The summed E-state index contributed by atoms with van der Waals surface area (Å²) in [5.74, 6) is 0.477. The van der Waals surface area contributed by atoms with E-state index < -0.39 is 0 Å². The molecule has 0 aliphatic carbocycles. The van der Waals surface area contributed by atoms with Crippen LogP contribution in [0.25, 0.3) is 6.08 Å². The highest BCUT2D eigenvalue weighted by Crippen LogP contribution is 2.37. The van der Waals surface area contributed by atoms with Crippen LogP contribution in [0.3, 0.4) is 0 Å². The molecule has 0 spiro atoms. The van der Waals surface area contributed by atoms with Gasteiger partial charge in [0.05, 0.1) is 20.5 Å². The highest BCUT2D eigenvalue weighted by atomic mass is 79.9. The molecule has 1 saturated heterocycles. The average Bonchev–Trinajstić information content (AvgIpc) is 2.68. The van der Waals surface area contributed by atoms with Gasteiger partial charge in [0.25, 0.3) is 11.1 Å². The minimum atomic E-state index is -0.242. The Hall–Kier alpha value is -0.790. The van der Waals surface area contributed by atoms with Crippen LogP contribution in [0.5, 0.6) is 5.75 Å². The van der Waals surface area contributed by atoms with E-state index in [1.807, 2.05) is 19.1 Å². The van der Waals surface area contributed by atoms with Crippen molar-refractivity contribution < 1.29 is 14.3 Å². The van der Waals surface area contributed by atoms with Crippen LogP contribution in [0.2, 0.25) is 0 Å². The number of hydrogen-bond acceptors (Lipinski definition) is 4. The minimum absolute atomic E-state index is 0.224. The monoisotopic (exact) mass is 433 g/mol. The zero-order valence-corrected chi connectivity index (χ0v) is 15.5. The van der Waals surface area contributed by atoms with Crippen LogP contribution in [0.1, 0.15) is 19.4 Å². The Labute approximate surface area is 144 Å². The van der Waals surface area contributed by atoms with E-state index in [0.717, 1.165) is 32.0 Å². The normalized spacial score (nSPS) is 17.0. The van der Waals surface area contributed by atoms with E-state index in [2.05, 4.69) is 31.9 Å². The number of carbonyl (C=O) groups is 2. The highest BCUT2D eigenvalue weighted by Gasteiger charge is 2.33. The van der Waals surface area contributed by atoms with Gasteiger partial charge in [-0.2, -0.15) is 0 Å². The van der Waals surface area contributed by atoms with Gasteiger partial charge in [0, 0.05) is 6.54 Å². The second-order valence-electron chi connectivity index (χ2n) is 4.17. The molecule has 0 radical (unpaired) electrons. The lowest BCUT2D eigenvalue weighted by Gasteiger charge is -2.09. The number of amides is 2. The summed E-state index contributed by atoms with van der Waals surface area (Å²) in [6.45, 7) is 4.64. The fourth-order valence-corrected chi connectivity index (χ4v) is 4.22. The van der Waals surface area contributed by atoms with Crippen molar-refractivity contribution in [2.75, 3.05) is 13.2 Å². The maximum atomic E-state index is 12.1. The molecule has 0 bridgehead atoms. The quantitative estimate of drug-likeness (QED) is 0.646. The third kappa shape index (κ3) is 3.52. The van der Waals surface area contributed by atoms with Gasteiger partial charge in [0.2, 0.25) is 0 Å². The van der Waals surface area contributed by atoms with Crippen molar-refractivity contribution in [2.24, 2.45) is 0 Å². The van der Waals surface area contributed by atoms with Crippen LogP contribution < -0.4 is 4.74 Å². The van der Waals surface area contributed by atoms with Crippen molar-refractivity contribution >= 4 is 60.8 Å². The first-order chi connectivity index (χ1) is 9.97. The summed E-state index contributed by atoms with van der Waals surface area (Å²) in [5.41, 5.74) is 0.818. The molecule has 1 heterocycles. The van der Waals surface area contributed by atoms with Crippen LogP contribution in [0, 0.1) is 0 Å². The van der Waals surface area contributed by atoms with E-state index in [1.165, 1.54) is 4.90 Å². The highest BCUT2D eigenvalue weighted by molar-refractivity contribution is 9.11. The molecule has 1 aromatic rings. The summed E-state index contributed by atoms with van der Waals surface area (Å²) in [5, 5.41) is -0.224. The Morgan fingerprint density at radius 1 is 1.24 bits per heavy atom. The summed E-state index contributed by atoms with van der Waals surface area (Å²) in [4.78, 5) is 25.4. The van der Waals surface area contributed by atoms with Gasteiger partial charge in [0.15, 0.2) is 0 Å². The lowest BCUT2D eigenvalue weighted by atomic mass is 10.2. The maximum Gasteiger partial charge on any atom is 0.293 e. The molecule has 0 atom stereocenters. The summed E-state index contributed by atoms with van der Waals surface area (Å²) in [7, 11) is 0. The van der Waals surface area contributed by atoms with E-state index in [1.54, 1.807) is 13.0 Å². The number of benzene rings is 1. The third-order valence-electron chi connectivity index (χ3n) is 2.80. The van der Waals surface area contributed by atoms with Crippen LogP contribution in [0.4, 0.5) is 4.79 Å². The maximum absolute atomic E-state index is 12.1. The Balaban J connectivity index is 2.34. The predicted molar refractivity (Wildman–Crippen MR) is 91.4 cm³/mol. The van der Waals surface area contributed by atoms with Crippen molar-refractivity contribution in [1.29, 1.82) is 0 Å². The molecule has 0 N–H and O–H groups in total. The first-order valence-electron chi connectivity index (χ1n) is 6.35. The topological polar surface area (TPSA) is 46.6 Å². The molecule has 7 heteroatoms. The first-order valence-corrected chi connectivity index (χ1v) is 8.75. The number of ether oxygens (including phenoxy) is 1. The van der Waals surface area contributed by atoms with E-state index in [9.17, 15) is 9.59 Å². The van der Waals surface area contributed by atoms with Gasteiger partial charge in [-0.3, -0.25) is 14.5 Å². The molecule has 1 aliphatic heterocycles. The van der Waals surface area contributed by atoms with Gasteiger partial charge >= 0.3 is 0 Å². The second-order valence-corrected chi connectivity index (χ2v) is 6.87. The molecule has 0 aromatic heterocycles. The Morgan fingerprint density at radius 2 is 1.86 bits per heavy atom. The standard InChI is InChI=1S/C14H13Br2NO3S/c1-3-17-13(18)11(21-14(17)19)7-8-5-9(15)12(20-4-2)10(16)6-8/h5-7H,3-4H2,1-2H3/b11-7+. The van der Waals surface area contributed by atoms with Crippen LogP contribution in [0.15, 0.2) is 26.0 Å². The third-order valence-corrected chi connectivity index (χ3v) is 4.88. The summed E-state index contributed by atoms with van der Waals surface area (Å²) in [6, 6.07) is 3.71. The van der Waals surface area contributed by atoms with E-state index in [0.29, 0.717) is 18.1 Å². The SMILES string of the molecule is CCOc1c(Br)cc(/C=C2/SC(=O)N(CC)C2=O)cc1Br. The second kappa shape index (κ2) is 6.98. The molecule has 4 nitrogen and oxygen atoms in total. The molecule has 2 amide bonds. The van der Waals surface area contributed by atoms with Gasteiger partial charge in [0.1, 0.15) is 5.75 Å². The molecular formula is C14H13Br2NO3S. The Kier molecular flexibility index (Phi) is 5.51. The molecule has 1 aliphatic rings. The number of thioether (sulfide) groups is 1. The number of nitrogens with zero attached hydrogens (tertiary/aromatic N) is 1. The van der Waals surface area contributed by atoms with E-state index >= 15 is 0 Å². The predicted octanol–water partition coefficient (Wildman–Crippen LogP) is 4.67. The lowest BCUT2D eigenvalue weighted by molar-refractivity contribution is -0.122. The molecule has 112 valence electrons. The van der Waals surface area contributed by atoms with Gasteiger partial charge < -0.3 is 4.74 Å².